The van der Waals surface area contributed by atoms with E-state index >= 15 is 0 Å². The molecule has 4 nitrogen and oxygen atoms in total. The van der Waals surface area contributed by atoms with Gasteiger partial charge in [0.15, 0.2) is 0 Å². The van der Waals surface area contributed by atoms with Crippen LogP contribution in [0.5, 0.6) is 0 Å². The maximum Gasteiger partial charge on any atom is 0.261 e. The molecule has 3 aromatic carbocycles. The summed E-state index contributed by atoms with van der Waals surface area (Å²) in [6, 6.07) is 19.7. The van der Waals surface area contributed by atoms with E-state index in [1.807, 2.05) is 30.3 Å². The van der Waals surface area contributed by atoms with E-state index in [1.165, 1.54) is 0 Å². The largest absolute Gasteiger partial charge is 0.464 e. The van der Waals surface area contributed by atoms with Crippen molar-refractivity contribution in [3.63, 3.8) is 0 Å². The van der Waals surface area contributed by atoms with Crippen molar-refractivity contribution in [2.75, 3.05) is 4.72 Å². The molecule has 4 rings (SSSR count). The Balaban J connectivity index is 1.73. The molecule has 0 bridgehead atoms. The van der Waals surface area contributed by atoms with Gasteiger partial charge in [-0.3, -0.25) is 4.72 Å². The summed E-state index contributed by atoms with van der Waals surface area (Å²) in [6.45, 7) is 0. The molecule has 0 radical (unpaired) electrons. The molecule has 0 saturated carbocycles. The van der Waals surface area contributed by atoms with Crippen molar-refractivity contribution in [1.82, 2.24) is 0 Å². The Bertz CT molecular complexity index is 1110. The quantitative estimate of drug-likeness (QED) is 0.608. The maximum absolute atomic E-state index is 12.6. The Morgan fingerprint density at radius 3 is 2.48 bits per heavy atom. The van der Waals surface area contributed by atoms with Crippen molar-refractivity contribution in [3.8, 4) is 0 Å². The zero-order valence-corrected chi connectivity index (χ0v) is 12.9. The van der Waals surface area contributed by atoms with Crippen LogP contribution in [0.15, 0.2) is 82.3 Å². The van der Waals surface area contributed by atoms with E-state index in [1.54, 1.807) is 42.7 Å². The molecular weight excluding hydrogens is 310 g/mol. The van der Waals surface area contributed by atoms with Crippen LogP contribution in [-0.2, 0) is 10.0 Å². The Kier molecular flexibility index (Phi) is 3.09. The zero-order valence-electron chi connectivity index (χ0n) is 12.1. The molecule has 5 heteroatoms. The van der Waals surface area contributed by atoms with Crippen LogP contribution in [0, 0.1) is 0 Å². The number of nitrogens with one attached hydrogen (secondary N) is 1. The van der Waals surface area contributed by atoms with Gasteiger partial charge in [-0.15, -0.1) is 0 Å². The number of hydrogen-bond donors (Lipinski definition) is 1. The van der Waals surface area contributed by atoms with E-state index < -0.39 is 10.0 Å². The van der Waals surface area contributed by atoms with E-state index in [0.717, 1.165) is 21.7 Å². The van der Waals surface area contributed by atoms with Gasteiger partial charge in [-0.2, -0.15) is 0 Å². The van der Waals surface area contributed by atoms with Gasteiger partial charge in [0.25, 0.3) is 10.0 Å². The molecule has 4 aromatic rings. The fourth-order valence-corrected chi connectivity index (χ4v) is 3.66. The average molecular weight is 323 g/mol. The van der Waals surface area contributed by atoms with Crippen LogP contribution in [0.3, 0.4) is 0 Å². The number of furan rings is 1. The van der Waals surface area contributed by atoms with Crippen molar-refractivity contribution < 1.29 is 12.8 Å². The molecule has 0 aliphatic heterocycles. The summed E-state index contributed by atoms with van der Waals surface area (Å²) in [6.07, 6.45) is 1.58. The Morgan fingerprint density at radius 2 is 1.61 bits per heavy atom. The van der Waals surface area contributed by atoms with Crippen molar-refractivity contribution >= 4 is 37.5 Å². The summed E-state index contributed by atoms with van der Waals surface area (Å²) < 4.78 is 33.0. The third-order valence-corrected chi connectivity index (χ3v) is 5.11. The van der Waals surface area contributed by atoms with Crippen molar-refractivity contribution in [2.24, 2.45) is 0 Å². The van der Waals surface area contributed by atoms with Gasteiger partial charge >= 0.3 is 0 Å². The lowest BCUT2D eigenvalue weighted by Crippen LogP contribution is -2.12. The van der Waals surface area contributed by atoms with Gasteiger partial charge in [-0.1, -0.05) is 30.3 Å². The first-order valence-electron chi connectivity index (χ1n) is 7.11. The lowest BCUT2D eigenvalue weighted by atomic mass is 10.1. The van der Waals surface area contributed by atoms with Crippen LogP contribution in [0.4, 0.5) is 5.69 Å². The van der Waals surface area contributed by atoms with Gasteiger partial charge in [0, 0.05) is 11.1 Å². The summed E-state index contributed by atoms with van der Waals surface area (Å²) in [7, 11) is -3.64. The third-order valence-electron chi connectivity index (χ3n) is 3.74. The van der Waals surface area contributed by atoms with Gasteiger partial charge < -0.3 is 4.42 Å². The summed E-state index contributed by atoms with van der Waals surface area (Å²) >= 11 is 0. The molecule has 0 spiro atoms. The molecule has 1 aromatic heterocycles. The van der Waals surface area contributed by atoms with E-state index in [0.29, 0.717) is 5.69 Å². The molecule has 0 amide bonds. The Morgan fingerprint density at radius 1 is 0.783 bits per heavy atom. The van der Waals surface area contributed by atoms with Gasteiger partial charge in [0.1, 0.15) is 5.58 Å². The Hall–Kier alpha value is -2.79. The predicted molar refractivity (Wildman–Crippen MR) is 91.0 cm³/mol. The highest BCUT2D eigenvalue weighted by Gasteiger charge is 2.15. The molecule has 1 N–H and O–H groups in total. The first-order chi connectivity index (χ1) is 11.1. The molecule has 0 aliphatic carbocycles. The summed E-state index contributed by atoms with van der Waals surface area (Å²) in [4.78, 5) is 0.239. The Labute approximate surface area is 133 Å². The second kappa shape index (κ2) is 5.14. The minimum Gasteiger partial charge on any atom is -0.464 e. The van der Waals surface area contributed by atoms with Crippen LogP contribution >= 0.6 is 0 Å². The van der Waals surface area contributed by atoms with Gasteiger partial charge in [-0.25, -0.2) is 8.42 Å². The topological polar surface area (TPSA) is 59.3 Å². The fraction of sp³-hybridized carbons (Fsp3) is 0. The highest BCUT2D eigenvalue weighted by atomic mass is 32.2. The van der Waals surface area contributed by atoms with Crippen LogP contribution in [0.2, 0.25) is 0 Å². The maximum atomic E-state index is 12.6. The number of benzene rings is 3. The summed E-state index contributed by atoms with van der Waals surface area (Å²) in [5, 5.41) is 2.75. The lowest BCUT2D eigenvalue weighted by Gasteiger charge is -2.09. The number of fused-ring (bicyclic) bond motifs is 2. The minimum absolute atomic E-state index is 0.239. The van der Waals surface area contributed by atoms with Crippen LogP contribution in [-0.4, -0.2) is 8.42 Å². The standard InChI is InChI=1S/C18H13NO3S/c20-23(21,17-7-5-13-3-1-2-4-14(13)12-17)19-16-6-8-18-15(11-16)9-10-22-18/h1-12,19H. The van der Waals surface area contributed by atoms with E-state index in [4.69, 9.17) is 4.42 Å². The second-order valence-electron chi connectivity index (χ2n) is 5.29. The van der Waals surface area contributed by atoms with E-state index in [9.17, 15) is 8.42 Å². The smallest absolute Gasteiger partial charge is 0.261 e. The lowest BCUT2D eigenvalue weighted by molar-refractivity contribution is 0.601. The van der Waals surface area contributed by atoms with Crippen LogP contribution < -0.4 is 4.72 Å². The molecule has 23 heavy (non-hydrogen) atoms. The fourth-order valence-electron chi connectivity index (χ4n) is 2.58. The van der Waals surface area contributed by atoms with Crippen LogP contribution in [0.1, 0.15) is 0 Å². The summed E-state index contributed by atoms with van der Waals surface area (Å²) in [5.41, 5.74) is 1.23. The minimum atomic E-state index is -3.64. The third kappa shape index (κ3) is 2.55. The molecule has 114 valence electrons. The molecule has 1 heterocycles. The summed E-state index contributed by atoms with van der Waals surface area (Å²) in [5.74, 6) is 0. The van der Waals surface area contributed by atoms with E-state index in [2.05, 4.69) is 4.72 Å². The monoisotopic (exact) mass is 323 g/mol. The van der Waals surface area contributed by atoms with Crippen molar-refractivity contribution in [2.45, 2.75) is 4.90 Å². The first kappa shape index (κ1) is 13.8. The van der Waals surface area contributed by atoms with E-state index in [-0.39, 0.29) is 4.90 Å². The normalized spacial score (nSPS) is 11.8. The number of sulfonamides is 1. The van der Waals surface area contributed by atoms with Gasteiger partial charge in [-0.05, 0) is 47.2 Å². The van der Waals surface area contributed by atoms with Crippen molar-refractivity contribution in [3.05, 3.63) is 73.0 Å². The van der Waals surface area contributed by atoms with Gasteiger partial charge in [0.05, 0.1) is 11.2 Å². The highest BCUT2D eigenvalue weighted by molar-refractivity contribution is 7.92. The van der Waals surface area contributed by atoms with Crippen molar-refractivity contribution in [1.29, 1.82) is 0 Å². The predicted octanol–water partition coefficient (Wildman–Crippen LogP) is 4.39. The second-order valence-corrected chi connectivity index (χ2v) is 6.97. The zero-order chi connectivity index (χ0) is 15.9. The molecule has 0 fully saturated rings. The molecule has 0 atom stereocenters. The highest BCUT2D eigenvalue weighted by Crippen LogP contribution is 2.24. The number of rotatable bonds is 3. The molecular formula is C18H13NO3S. The van der Waals surface area contributed by atoms with Gasteiger partial charge in [0.2, 0.25) is 0 Å². The average Bonchev–Trinajstić information content (AvgIpc) is 3.01. The molecule has 0 unspecified atom stereocenters. The number of anilines is 1. The molecule has 0 aliphatic rings. The molecule has 0 saturated heterocycles. The SMILES string of the molecule is O=S(=O)(Nc1ccc2occc2c1)c1ccc2ccccc2c1. The van der Waals surface area contributed by atoms with Crippen LogP contribution in [0.25, 0.3) is 21.7 Å². The number of hydrogen-bond acceptors (Lipinski definition) is 3. The first-order valence-corrected chi connectivity index (χ1v) is 8.59.